The highest BCUT2D eigenvalue weighted by Crippen LogP contribution is 1.95. The molecule has 0 aliphatic rings. The number of nitrogens with zero attached hydrogens (tertiary/aromatic N) is 2. The van der Waals surface area contributed by atoms with E-state index in [-0.39, 0.29) is 0 Å². The van der Waals surface area contributed by atoms with E-state index in [4.69, 9.17) is 11.8 Å². The van der Waals surface area contributed by atoms with Crippen LogP contribution in [0.2, 0.25) is 0 Å². The van der Waals surface area contributed by atoms with Crippen molar-refractivity contribution >= 4 is 0 Å². The summed E-state index contributed by atoms with van der Waals surface area (Å²) >= 11 is 0. The van der Waals surface area contributed by atoms with E-state index in [0.29, 0.717) is 0 Å². The van der Waals surface area contributed by atoms with Gasteiger partial charge in [-0.2, -0.15) is 0 Å². The van der Waals surface area contributed by atoms with Crippen molar-refractivity contribution in [2.45, 2.75) is 33.2 Å². The van der Waals surface area contributed by atoms with Crippen LogP contribution >= 0.6 is 0 Å². The fourth-order valence-corrected chi connectivity index (χ4v) is 1.30. The molecule has 0 saturated carbocycles. The number of rotatable bonds is 3. The monoisotopic (exact) mass is 176 g/mol. The molecule has 0 unspecified atom stereocenters. The summed E-state index contributed by atoms with van der Waals surface area (Å²) in [6.45, 7) is 10.2. The van der Waals surface area contributed by atoms with Gasteiger partial charge in [0.05, 0.1) is 0 Å². The Morgan fingerprint density at radius 2 is 2.00 bits per heavy atom. The van der Waals surface area contributed by atoms with Crippen molar-refractivity contribution in [1.29, 1.82) is 5.26 Å². The normalized spacial score (nSPS) is 8.62. The van der Waals surface area contributed by atoms with Crippen molar-refractivity contribution in [3.05, 3.63) is 36.7 Å². The van der Waals surface area contributed by atoms with E-state index in [9.17, 15) is 0 Å². The molecule has 0 aliphatic heterocycles. The lowest BCUT2D eigenvalue weighted by atomic mass is 10.2. The highest BCUT2D eigenvalue weighted by atomic mass is 14.9. The lowest BCUT2D eigenvalue weighted by molar-refractivity contribution is -0.700. The average molecular weight is 176 g/mol. The second kappa shape index (κ2) is 7.30. The van der Waals surface area contributed by atoms with Gasteiger partial charge in [-0.3, -0.25) is 0 Å². The van der Waals surface area contributed by atoms with E-state index in [0.717, 1.165) is 6.54 Å². The van der Waals surface area contributed by atoms with Crippen molar-refractivity contribution < 1.29 is 4.57 Å². The molecule has 2 heteroatoms. The van der Waals surface area contributed by atoms with Crippen LogP contribution in [0.25, 0.3) is 0 Å². The Labute approximate surface area is 80.4 Å². The first kappa shape index (κ1) is 11.6. The second-order valence-electron chi connectivity index (χ2n) is 2.73. The van der Waals surface area contributed by atoms with Gasteiger partial charge in [-0.05, 0) is 13.3 Å². The van der Waals surface area contributed by atoms with E-state index >= 15 is 0 Å². The molecular formula is C11H16N2. The maximum atomic E-state index is 6.25. The molecule has 13 heavy (non-hydrogen) atoms. The van der Waals surface area contributed by atoms with Gasteiger partial charge >= 0.3 is 0 Å². The van der Waals surface area contributed by atoms with Crippen LogP contribution in [-0.2, 0) is 13.0 Å². The molecule has 70 valence electrons. The Bertz CT molecular complexity index is 253. The summed E-state index contributed by atoms with van der Waals surface area (Å²) in [6.07, 6.45) is 4.56. The second-order valence-corrected chi connectivity index (χ2v) is 2.73. The molecule has 0 radical (unpaired) electrons. The number of aromatic nitrogens is 1. The summed E-state index contributed by atoms with van der Waals surface area (Å²) < 4.78 is 2.30. The summed E-state index contributed by atoms with van der Waals surface area (Å²) in [6, 6.07) is 6.40. The smallest absolute Gasteiger partial charge is 0.181 e. The van der Waals surface area contributed by atoms with Gasteiger partial charge in [-0.1, -0.05) is 13.0 Å². The van der Waals surface area contributed by atoms with E-state index in [2.05, 4.69) is 42.8 Å². The Kier molecular flexibility index (Phi) is 6.53. The minimum atomic E-state index is 1.08. The molecular weight excluding hydrogens is 160 g/mol. The summed E-state index contributed by atoms with van der Waals surface area (Å²) in [5.74, 6) is 0. The zero-order chi connectivity index (χ0) is 10.1. The largest absolute Gasteiger partial charge is 0.512 e. The zero-order valence-corrected chi connectivity index (χ0v) is 8.33. The lowest BCUT2D eigenvalue weighted by Gasteiger charge is -1.98. The predicted octanol–water partition coefficient (Wildman–Crippen LogP) is 2.04. The fraction of sp³-hybridized carbons (Fsp3) is 0.455. The summed E-state index contributed by atoms with van der Waals surface area (Å²) in [4.78, 5) is 0. The summed E-state index contributed by atoms with van der Waals surface area (Å²) in [5, 5.41) is 6.25. The topological polar surface area (TPSA) is 27.7 Å². The maximum absolute atomic E-state index is 6.25. The summed E-state index contributed by atoms with van der Waals surface area (Å²) in [5.41, 5.74) is 1.44. The first-order chi connectivity index (χ1) is 6.38. The standard InChI is InChI=1S/C10H16N.CN/c1-3-7-10-8-5-6-9-11(10)4-2;1-2/h5-6,8-9H,3-4,7H2,1-2H3;/q+1;-1. The number of hydrogen-bond donors (Lipinski definition) is 0. The van der Waals surface area contributed by atoms with E-state index < -0.39 is 0 Å². The SMILES string of the molecule is CCCc1cccc[n+]1CC.[C-]#N. The lowest BCUT2D eigenvalue weighted by Crippen LogP contribution is -2.36. The van der Waals surface area contributed by atoms with Gasteiger partial charge in [-0.15, -0.1) is 0 Å². The molecule has 0 aromatic carbocycles. The first-order valence-electron chi connectivity index (χ1n) is 4.58. The molecule has 1 aromatic rings. The number of hydrogen-bond acceptors (Lipinski definition) is 1. The number of pyridine rings is 1. The Morgan fingerprint density at radius 3 is 2.54 bits per heavy atom. The van der Waals surface area contributed by atoms with Crippen LogP contribution in [0.5, 0.6) is 0 Å². The third-order valence-electron chi connectivity index (χ3n) is 1.88. The van der Waals surface area contributed by atoms with Crippen molar-refractivity contribution in [3.63, 3.8) is 0 Å². The molecule has 0 bridgehead atoms. The van der Waals surface area contributed by atoms with Gasteiger partial charge in [0.15, 0.2) is 11.9 Å². The Morgan fingerprint density at radius 1 is 1.31 bits per heavy atom. The average Bonchev–Trinajstić information content (AvgIpc) is 2.22. The van der Waals surface area contributed by atoms with E-state index in [1.165, 1.54) is 18.5 Å². The minimum absolute atomic E-state index is 1.08. The Hall–Kier alpha value is -1.36. The van der Waals surface area contributed by atoms with Gasteiger partial charge in [0.1, 0.15) is 6.54 Å². The molecule has 1 heterocycles. The highest BCUT2D eigenvalue weighted by molar-refractivity contribution is 4.96. The van der Waals surface area contributed by atoms with Gasteiger partial charge in [0.2, 0.25) is 0 Å². The van der Waals surface area contributed by atoms with Crippen LogP contribution in [0.4, 0.5) is 0 Å². The van der Waals surface area contributed by atoms with Crippen molar-refractivity contribution in [3.8, 4) is 0 Å². The molecule has 1 aromatic heterocycles. The number of aryl methyl sites for hydroxylation is 2. The van der Waals surface area contributed by atoms with Crippen LogP contribution in [-0.4, -0.2) is 0 Å². The maximum Gasteiger partial charge on any atom is 0.181 e. The van der Waals surface area contributed by atoms with E-state index in [1.807, 2.05) is 0 Å². The van der Waals surface area contributed by atoms with E-state index in [1.54, 1.807) is 0 Å². The first-order valence-corrected chi connectivity index (χ1v) is 4.58. The van der Waals surface area contributed by atoms with Gasteiger partial charge in [0, 0.05) is 18.6 Å². The van der Waals surface area contributed by atoms with Crippen LogP contribution in [0.15, 0.2) is 24.4 Å². The zero-order valence-electron chi connectivity index (χ0n) is 8.33. The molecule has 0 spiro atoms. The molecule has 0 amide bonds. The van der Waals surface area contributed by atoms with Gasteiger partial charge in [-0.25, -0.2) is 4.57 Å². The predicted molar refractivity (Wildman–Crippen MR) is 51.3 cm³/mol. The molecule has 0 N–H and O–H groups in total. The minimum Gasteiger partial charge on any atom is -0.512 e. The molecule has 0 atom stereocenters. The van der Waals surface area contributed by atoms with Crippen LogP contribution in [0, 0.1) is 11.8 Å². The van der Waals surface area contributed by atoms with Crippen LogP contribution in [0.1, 0.15) is 26.0 Å². The van der Waals surface area contributed by atoms with Crippen molar-refractivity contribution in [1.82, 2.24) is 0 Å². The van der Waals surface area contributed by atoms with Crippen LogP contribution < -0.4 is 4.57 Å². The molecule has 0 saturated heterocycles. The quantitative estimate of drug-likeness (QED) is 0.511. The molecule has 1 rings (SSSR count). The van der Waals surface area contributed by atoms with Crippen LogP contribution in [0.3, 0.4) is 0 Å². The van der Waals surface area contributed by atoms with Gasteiger partial charge in [0.25, 0.3) is 0 Å². The third kappa shape index (κ3) is 3.71. The summed E-state index contributed by atoms with van der Waals surface area (Å²) in [7, 11) is 0. The fourth-order valence-electron chi connectivity index (χ4n) is 1.30. The highest BCUT2D eigenvalue weighted by Gasteiger charge is 2.03. The molecule has 0 aliphatic carbocycles. The Balaban J connectivity index is 0.000000671. The molecule has 0 fully saturated rings. The molecule has 2 nitrogen and oxygen atoms in total. The van der Waals surface area contributed by atoms with Gasteiger partial charge < -0.3 is 11.8 Å². The van der Waals surface area contributed by atoms with Crippen molar-refractivity contribution in [2.24, 2.45) is 0 Å². The van der Waals surface area contributed by atoms with Crippen molar-refractivity contribution in [2.75, 3.05) is 0 Å². The third-order valence-corrected chi connectivity index (χ3v) is 1.88.